The van der Waals surface area contributed by atoms with E-state index in [-0.39, 0.29) is 17.8 Å². The summed E-state index contributed by atoms with van der Waals surface area (Å²) in [7, 11) is 0. The zero-order valence-corrected chi connectivity index (χ0v) is 22.5. The summed E-state index contributed by atoms with van der Waals surface area (Å²) in [5.74, 6) is -0.111. The topological polar surface area (TPSA) is 60.1 Å². The first-order valence-electron chi connectivity index (χ1n) is 14.0. The molecule has 0 aromatic heterocycles. The van der Waals surface area contributed by atoms with Crippen LogP contribution in [0.2, 0.25) is 0 Å². The highest BCUT2D eigenvalue weighted by Gasteiger charge is 2.27. The molecule has 6 rings (SSSR count). The third kappa shape index (κ3) is 5.76. The highest BCUT2D eigenvalue weighted by molar-refractivity contribution is 5.95. The van der Waals surface area contributed by atoms with Gasteiger partial charge in [-0.1, -0.05) is 12.1 Å². The van der Waals surface area contributed by atoms with Crippen molar-refractivity contribution < 1.29 is 18.3 Å². The Labute approximate surface area is 233 Å². The van der Waals surface area contributed by atoms with E-state index in [9.17, 15) is 13.6 Å². The number of benzene rings is 3. The Morgan fingerprint density at radius 1 is 0.850 bits per heavy atom. The number of hydrogen-bond donors (Lipinski definition) is 2. The molecule has 7 nitrogen and oxygen atoms in total. The van der Waals surface area contributed by atoms with Gasteiger partial charge in [-0.2, -0.15) is 0 Å². The van der Waals surface area contributed by atoms with Crippen molar-refractivity contribution >= 4 is 17.3 Å². The lowest BCUT2D eigenvalue weighted by atomic mass is 10.0. The van der Waals surface area contributed by atoms with Gasteiger partial charge in [0.1, 0.15) is 23.5 Å². The molecule has 0 unspecified atom stereocenters. The summed E-state index contributed by atoms with van der Waals surface area (Å²) in [6.07, 6.45) is 0.995. The molecule has 2 N–H and O–H groups in total. The Morgan fingerprint density at radius 3 is 2.35 bits per heavy atom. The number of rotatable bonds is 6. The lowest BCUT2D eigenvalue weighted by Gasteiger charge is -2.37. The zero-order valence-electron chi connectivity index (χ0n) is 22.5. The normalized spacial score (nSPS) is 19.6. The third-order valence-electron chi connectivity index (χ3n) is 7.87. The van der Waals surface area contributed by atoms with Crippen molar-refractivity contribution in [2.45, 2.75) is 12.5 Å². The molecule has 209 valence electrons. The van der Waals surface area contributed by atoms with Crippen LogP contribution in [0.3, 0.4) is 0 Å². The van der Waals surface area contributed by atoms with Crippen molar-refractivity contribution in [1.82, 2.24) is 15.5 Å². The van der Waals surface area contributed by atoms with Gasteiger partial charge in [0.25, 0.3) is 5.91 Å². The Morgan fingerprint density at radius 2 is 1.62 bits per heavy atom. The predicted octanol–water partition coefficient (Wildman–Crippen LogP) is 3.54. The number of carbonyl (C=O) groups is 1. The molecular formula is C31H34F2N5O2. The van der Waals surface area contributed by atoms with Gasteiger partial charge in [0, 0.05) is 81.8 Å². The molecule has 3 aromatic rings. The Kier molecular flexibility index (Phi) is 7.84. The van der Waals surface area contributed by atoms with Crippen LogP contribution in [0, 0.1) is 17.7 Å². The first-order chi connectivity index (χ1) is 19.5. The van der Waals surface area contributed by atoms with Crippen molar-refractivity contribution in [3.05, 3.63) is 77.9 Å². The Hall–Kier alpha value is -3.69. The largest absolute Gasteiger partial charge is 0.488 e. The molecule has 0 aliphatic carbocycles. The lowest BCUT2D eigenvalue weighted by molar-refractivity contribution is 0.0746. The molecular weight excluding hydrogens is 512 g/mol. The highest BCUT2D eigenvalue weighted by Crippen LogP contribution is 2.40. The van der Waals surface area contributed by atoms with Crippen molar-refractivity contribution in [3.8, 4) is 16.9 Å². The van der Waals surface area contributed by atoms with Gasteiger partial charge in [0.05, 0.1) is 5.69 Å². The average molecular weight is 547 g/mol. The van der Waals surface area contributed by atoms with Crippen LogP contribution in [-0.4, -0.2) is 82.4 Å². The summed E-state index contributed by atoms with van der Waals surface area (Å²) < 4.78 is 34.7. The molecule has 9 heteroatoms. The molecule has 3 saturated heterocycles. The van der Waals surface area contributed by atoms with E-state index in [1.165, 1.54) is 24.3 Å². The minimum atomic E-state index is -0.397. The summed E-state index contributed by atoms with van der Waals surface area (Å²) in [6, 6.07) is 18.3. The van der Waals surface area contributed by atoms with Crippen molar-refractivity contribution in [2.75, 3.05) is 75.2 Å². The number of amides is 1. The number of carbonyl (C=O) groups excluding carboxylic acids is 1. The minimum absolute atomic E-state index is 0.0706. The third-order valence-corrected chi connectivity index (χ3v) is 7.87. The van der Waals surface area contributed by atoms with Gasteiger partial charge in [-0.25, -0.2) is 8.78 Å². The predicted molar refractivity (Wildman–Crippen MR) is 152 cm³/mol. The van der Waals surface area contributed by atoms with Gasteiger partial charge in [-0.3, -0.25) is 4.79 Å². The van der Waals surface area contributed by atoms with Gasteiger partial charge in [0.2, 0.25) is 0 Å². The van der Waals surface area contributed by atoms with Gasteiger partial charge >= 0.3 is 0 Å². The first-order valence-corrected chi connectivity index (χ1v) is 14.0. The maximum atomic E-state index is 14.5. The van der Waals surface area contributed by atoms with Crippen LogP contribution < -0.4 is 25.2 Å². The van der Waals surface area contributed by atoms with Crippen molar-refractivity contribution in [3.63, 3.8) is 0 Å². The van der Waals surface area contributed by atoms with E-state index >= 15 is 0 Å². The molecule has 1 amide bonds. The van der Waals surface area contributed by atoms with Gasteiger partial charge in [-0.15, -0.1) is 0 Å². The summed E-state index contributed by atoms with van der Waals surface area (Å²) in [5.41, 5.74) is 3.72. The maximum absolute atomic E-state index is 14.5. The van der Waals surface area contributed by atoms with Gasteiger partial charge < -0.3 is 30.1 Å². The Balaban J connectivity index is 1.21. The second kappa shape index (κ2) is 11.8. The van der Waals surface area contributed by atoms with Crippen LogP contribution in [0.4, 0.5) is 20.2 Å². The first kappa shape index (κ1) is 26.5. The fourth-order valence-corrected chi connectivity index (χ4v) is 5.74. The van der Waals surface area contributed by atoms with Crippen LogP contribution in [-0.2, 0) is 0 Å². The van der Waals surface area contributed by atoms with Crippen LogP contribution >= 0.6 is 0 Å². The number of ether oxygens (including phenoxy) is 1. The molecule has 0 spiro atoms. The molecule has 3 heterocycles. The monoisotopic (exact) mass is 546 g/mol. The van der Waals surface area contributed by atoms with E-state index in [0.717, 1.165) is 73.9 Å². The molecule has 3 aliphatic heterocycles. The van der Waals surface area contributed by atoms with Crippen LogP contribution in [0.25, 0.3) is 11.1 Å². The number of nitrogens with zero attached hydrogens (tertiary/aromatic N) is 3. The van der Waals surface area contributed by atoms with Gasteiger partial charge in [-0.05, 0) is 61.0 Å². The second-order valence-electron chi connectivity index (χ2n) is 10.5. The summed E-state index contributed by atoms with van der Waals surface area (Å²) in [5, 5.41) is 6.63. The smallest absolute Gasteiger partial charge is 0.254 e. The number of anilines is 2. The zero-order chi connectivity index (χ0) is 27.5. The van der Waals surface area contributed by atoms with E-state index in [4.69, 9.17) is 4.74 Å². The molecule has 3 fully saturated rings. The lowest BCUT2D eigenvalue weighted by Crippen LogP contribution is -2.49. The molecule has 0 bridgehead atoms. The fourth-order valence-electron chi connectivity index (χ4n) is 5.74. The van der Waals surface area contributed by atoms with Crippen molar-refractivity contribution in [1.29, 1.82) is 0 Å². The Bertz CT molecular complexity index is 1330. The maximum Gasteiger partial charge on any atom is 0.254 e. The van der Waals surface area contributed by atoms with Crippen LogP contribution in [0.15, 0.2) is 54.6 Å². The molecule has 3 aromatic carbocycles. The van der Waals surface area contributed by atoms with Gasteiger partial charge in [0.15, 0.2) is 0 Å². The summed E-state index contributed by atoms with van der Waals surface area (Å²) in [6.45, 7) is 7.10. The molecule has 40 heavy (non-hydrogen) atoms. The molecule has 1 radical (unpaired) electrons. The van der Waals surface area contributed by atoms with Crippen LogP contribution in [0.1, 0.15) is 16.8 Å². The van der Waals surface area contributed by atoms with E-state index < -0.39 is 5.82 Å². The van der Waals surface area contributed by atoms with E-state index in [1.54, 1.807) is 17.0 Å². The van der Waals surface area contributed by atoms with E-state index in [2.05, 4.69) is 26.5 Å². The van der Waals surface area contributed by atoms with E-state index in [1.807, 2.05) is 18.2 Å². The average Bonchev–Trinajstić information content (AvgIpc) is 3.51. The molecule has 3 aliphatic rings. The minimum Gasteiger partial charge on any atom is -0.488 e. The summed E-state index contributed by atoms with van der Waals surface area (Å²) >= 11 is 0. The second-order valence-corrected chi connectivity index (χ2v) is 10.5. The highest BCUT2D eigenvalue weighted by atomic mass is 19.1. The number of nitrogens with one attached hydrogen (secondary N) is 2. The fraction of sp³-hybridized carbons (Fsp3) is 0.387. The number of halogens is 2. The quantitative estimate of drug-likeness (QED) is 0.494. The van der Waals surface area contributed by atoms with Crippen molar-refractivity contribution in [2.24, 2.45) is 0 Å². The molecule has 1 atom stereocenters. The summed E-state index contributed by atoms with van der Waals surface area (Å²) in [4.78, 5) is 19.5. The molecule has 0 saturated carbocycles. The van der Waals surface area contributed by atoms with E-state index in [0.29, 0.717) is 31.7 Å². The number of piperazine rings is 2. The van der Waals surface area contributed by atoms with Crippen LogP contribution in [0.5, 0.6) is 5.75 Å². The number of hydrogen-bond acceptors (Lipinski definition) is 6. The standard InChI is InChI=1S/C31H34F2N5O2/c32-24-6-4-22(5-7-24)30-28(2-1-3-29(30)40-27-8-9-35-21-27)37-14-16-38(17-15-37)31(39)23-18-25(33)20-26(19-23)36-12-10-34-11-13-36/h1,3-7,18-20,27,34-35H,8-17,21H2/t27-/m0/s1. The SMILES string of the molecule is O=C(c1cc(F)cc(N2CCNCC2)c1)N1CCN(c2[c]ccc(O[C@H]3CCNC3)c2-c2ccc(F)cc2)CC1.